The van der Waals surface area contributed by atoms with Gasteiger partial charge in [0.25, 0.3) is 0 Å². The summed E-state index contributed by atoms with van der Waals surface area (Å²) in [5.41, 5.74) is -1.56. The predicted molar refractivity (Wildman–Crippen MR) is 88.9 cm³/mol. The Bertz CT molecular complexity index is 827. The molecule has 0 radical (unpaired) electrons. The van der Waals surface area contributed by atoms with Crippen LogP contribution < -0.4 is 4.74 Å². The molecule has 0 fully saturated rings. The van der Waals surface area contributed by atoms with Gasteiger partial charge < -0.3 is 9.47 Å². The number of hydrogen-bond donors (Lipinski definition) is 0. The molecule has 0 atom stereocenters. The number of esters is 1. The highest BCUT2D eigenvalue weighted by atomic mass is 19.4. The molecule has 0 aliphatic heterocycles. The van der Waals surface area contributed by atoms with Gasteiger partial charge in [0.2, 0.25) is 0 Å². The molecular formula is C19H17F3O4. The fourth-order valence-corrected chi connectivity index (χ4v) is 2.70. The summed E-state index contributed by atoms with van der Waals surface area (Å²) in [4.78, 5) is 23.1. The maximum atomic E-state index is 14.0. The number of Topliss-reactive ketones (excluding diaryl/α,β-unsaturated/α-hetero) is 1. The number of hydrogen-bond acceptors (Lipinski definition) is 4. The van der Waals surface area contributed by atoms with Gasteiger partial charge in [-0.05, 0) is 18.6 Å². The fourth-order valence-electron chi connectivity index (χ4n) is 2.70. The highest BCUT2D eigenvalue weighted by Gasteiger charge is 2.40. The Morgan fingerprint density at radius 2 is 1.69 bits per heavy atom. The van der Waals surface area contributed by atoms with E-state index >= 15 is 0 Å². The number of methoxy groups -OCH3 is 1. The molecule has 0 N–H and O–H groups in total. The average molecular weight is 366 g/mol. The predicted octanol–water partition coefficient (Wildman–Crippen LogP) is 4.65. The molecule has 0 saturated carbocycles. The largest absolute Gasteiger partial charge is 0.496 e. The fraction of sp³-hybridized carbons (Fsp3) is 0.263. The third-order valence-corrected chi connectivity index (χ3v) is 3.76. The summed E-state index contributed by atoms with van der Waals surface area (Å²) in [6.45, 7) is 1.57. The molecule has 0 aliphatic rings. The molecule has 2 aromatic carbocycles. The summed E-state index contributed by atoms with van der Waals surface area (Å²) in [7, 11) is 1.23. The van der Waals surface area contributed by atoms with Crippen LogP contribution in [-0.4, -0.2) is 18.9 Å². The van der Waals surface area contributed by atoms with Gasteiger partial charge in [-0.25, -0.2) is 0 Å². The molecule has 0 amide bonds. The molecule has 2 aromatic rings. The smallest absolute Gasteiger partial charge is 0.417 e. The lowest BCUT2D eigenvalue weighted by molar-refractivity contribution is -0.145. The lowest BCUT2D eigenvalue weighted by atomic mass is 9.89. The van der Waals surface area contributed by atoms with Crippen LogP contribution in [0, 0.1) is 0 Å². The zero-order valence-electron chi connectivity index (χ0n) is 14.4. The van der Waals surface area contributed by atoms with Gasteiger partial charge in [-0.15, -0.1) is 0 Å². The Morgan fingerprint density at radius 3 is 2.15 bits per heavy atom. The van der Waals surface area contributed by atoms with E-state index < -0.39 is 30.1 Å². The van der Waals surface area contributed by atoms with Crippen LogP contribution in [0.25, 0.3) is 11.1 Å². The van der Waals surface area contributed by atoms with E-state index in [2.05, 4.69) is 0 Å². The van der Waals surface area contributed by atoms with Crippen LogP contribution in [0.1, 0.15) is 35.3 Å². The van der Waals surface area contributed by atoms with Crippen molar-refractivity contribution in [1.82, 2.24) is 0 Å². The van der Waals surface area contributed by atoms with Crippen molar-refractivity contribution in [2.24, 2.45) is 0 Å². The number of carbonyl (C=O) groups is 2. The van der Waals surface area contributed by atoms with Gasteiger partial charge in [0.15, 0.2) is 5.78 Å². The number of rotatable bonds is 5. The van der Waals surface area contributed by atoms with Crippen molar-refractivity contribution < 1.29 is 32.2 Å². The Labute approximate surface area is 148 Å². The van der Waals surface area contributed by atoms with Gasteiger partial charge in [0.1, 0.15) is 12.4 Å². The minimum atomic E-state index is -4.79. The number of ether oxygens (including phenoxy) is 2. The van der Waals surface area contributed by atoms with E-state index in [1.165, 1.54) is 25.3 Å². The van der Waals surface area contributed by atoms with Gasteiger partial charge in [-0.1, -0.05) is 30.3 Å². The summed E-state index contributed by atoms with van der Waals surface area (Å²) in [6.07, 6.45) is -4.79. The van der Waals surface area contributed by atoms with Crippen molar-refractivity contribution in [3.8, 4) is 16.9 Å². The third kappa shape index (κ3) is 4.04. The molecule has 2 rings (SSSR count). The highest BCUT2D eigenvalue weighted by Crippen LogP contribution is 2.46. The van der Waals surface area contributed by atoms with Crippen molar-refractivity contribution in [2.45, 2.75) is 26.6 Å². The first-order chi connectivity index (χ1) is 12.2. The van der Waals surface area contributed by atoms with Gasteiger partial charge in [0.05, 0.1) is 12.7 Å². The molecule has 26 heavy (non-hydrogen) atoms. The van der Waals surface area contributed by atoms with Crippen LogP contribution in [0.5, 0.6) is 5.75 Å². The summed E-state index contributed by atoms with van der Waals surface area (Å²) in [5.74, 6) is -1.42. The van der Waals surface area contributed by atoms with Gasteiger partial charge in [-0.2, -0.15) is 13.2 Å². The first-order valence-electron chi connectivity index (χ1n) is 7.67. The lowest BCUT2D eigenvalue weighted by Crippen LogP contribution is -2.17. The van der Waals surface area contributed by atoms with Crippen molar-refractivity contribution in [1.29, 1.82) is 0 Å². The first kappa shape index (κ1) is 19.5. The van der Waals surface area contributed by atoms with E-state index in [0.29, 0.717) is 0 Å². The normalized spacial score (nSPS) is 11.2. The van der Waals surface area contributed by atoms with Crippen molar-refractivity contribution in [3.05, 3.63) is 53.1 Å². The van der Waals surface area contributed by atoms with Crippen LogP contribution >= 0.6 is 0 Å². The number of carbonyl (C=O) groups excluding carboxylic acids is 2. The molecule has 0 spiro atoms. The minimum absolute atomic E-state index is 0.0831. The zero-order chi connectivity index (χ0) is 19.5. The molecular weight excluding hydrogens is 349 g/mol. The molecule has 0 aromatic heterocycles. The second-order valence-electron chi connectivity index (χ2n) is 5.56. The summed E-state index contributed by atoms with van der Waals surface area (Å²) >= 11 is 0. The van der Waals surface area contributed by atoms with Crippen LogP contribution in [0.4, 0.5) is 13.2 Å². The van der Waals surface area contributed by atoms with Crippen molar-refractivity contribution in [2.75, 3.05) is 7.11 Å². The lowest BCUT2D eigenvalue weighted by Gasteiger charge is -2.22. The monoisotopic (exact) mass is 366 g/mol. The molecule has 4 nitrogen and oxygen atoms in total. The molecule has 0 unspecified atom stereocenters. The van der Waals surface area contributed by atoms with Crippen LogP contribution in [0.2, 0.25) is 0 Å². The average Bonchev–Trinajstić information content (AvgIpc) is 2.58. The molecule has 7 heteroatoms. The van der Waals surface area contributed by atoms with Crippen LogP contribution in [0.3, 0.4) is 0 Å². The van der Waals surface area contributed by atoms with Gasteiger partial charge in [0, 0.05) is 23.6 Å². The number of halogens is 3. The van der Waals surface area contributed by atoms with Crippen LogP contribution in [-0.2, 0) is 22.3 Å². The number of benzene rings is 2. The second-order valence-corrected chi connectivity index (χ2v) is 5.56. The van der Waals surface area contributed by atoms with E-state index in [4.69, 9.17) is 9.47 Å². The summed E-state index contributed by atoms with van der Waals surface area (Å²) in [6, 6.07) is 9.14. The van der Waals surface area contributed by atoms with Gasteiger partial charge >= 0.3 is 12.1 Å². The number of alkyl halides is 3. The van der Waals surface area contributed by atoms with E-state index in [1.54, 1.807) is 18.2 Å². The van der Waals surface area contributed by atoms with Crippen molar-refractivity contribution in [3.63, 3.8) is 0 Å². The minimum Gasteiger partial charge on any atom is -0.496 e. The number of ketones is 1. The van der Waals surface area contributed by atoms with E-state index in [1.807, 2.05) is 0 Å². The Kier molecular flexibility index (Phi) is 5.69. The molecule has 138 valence electrons. The molecule has 0 saturated heterocycles. The van der Waals surface area contributed by atoms with E-state index in [0.717, 1.165) is 13.8 Å². The van der Waals surface area contributed by atoms with Crippen molar-refractivity contribution >= 4 is 11.8 Å². The third-order valence-electron chi connectivity index (χ3n) is 3.76. The molecule has 0 heterocycles. The maximum Gasteiger partial charge on any atom is 0.417 e. The van der Waals surface area contributed by atoms with E-state index in [9.17, 15) is 22.8 Å². The Morgan fingerprint density at radius 1 is 1.08 bits per heavy atom. The SMILES string of the molecule is COc1cc(C(C)=O)c(COC(C)=O)c(C(F)(F)F)c1-c1ccccc1. The van der Waals surface area contributed by atoms with Crippen LogP contribution in [0.15, 0.2) is 36.4 Å². The topological polar surface area (TPSA) is 52.6 Å². The second kappa shape index (κ2) is 7.59. The first-order valence-corrected chi connectivity index (χ1v) is 7.67. The van der Waals surface area contributed by atoms with Gasteiger partial charge in [-0.3, -0.25) is 9.59 Å². The molecule has 0 bridgehead atoms. The molecule has 0 aliphatic carbocycles. The Balaban J connectivity index is 2.91. The quantitative estimate of drug-likeness (QED) is 0.571. The van der Waals surface area contributed by atoms with E-state index in [-0.39, 0.29) is 28.0 Å². The zero-order valence-corrected chi connectivity index (χ0v) is 14.4. The maximum absolute atomic E-state index is 14.0. The highest BCUT2D eigenvalue weighted by molar-refractivity contribution is 5.98. The summed E-state index contributed by atoms with van der Waals surface area (Å²) in [5, 5.41) is 0. The summed E-state index contributed by atoms with van der Waals surface area (Å²) < 4.78 is 51.8. The Hall–Kier alpha value is -2.83. The standard InChI is InChI=1S/C19H17F3O4/c1-11(23)14-9-16(25-3)17(13-7-5-4-6-8-13)18(19(20,21)22)15(14)10-26-12(2)24/h4-9H,10H2,1-3H3.